The maximum Gasteiger partial charge on any atom is 0.410 e. The third-order valence-corrected chi connectivity index (χ3v) is 3.67. The maximum absolute atomic E-state index is 12.3. The Kier molecular flexibility index (Phi) is 5.08. The van der Waals surface area contributed by atoms with Crippen molar-refractivity contribution in [3.63, 3.8) is 0 Å². The minimum absolute atomic E-state index is 0.123. The van der Waals surface area contributed by atoms with Crippen LogP contribution in [0.3, 0.4) is 0 Å². The molecule has 5 heteroatoms. The predicted octanol–water partition coefficient (Wildman–Crippen LogP) is 2.99. The van der Waals surface area contributed by atoms with Gasteiger partial charge in [0.05, 0.1) is 6.04 Å². The van der Waals surface area contributed by atoms with Gasteiger partial charge in [0.1, 0.15) is 5.60 Å². The highest BCUT2D eigenvalue weighted by atomic mass is 16.6. The van der Waals surface area contributed by atoms with Crippen molar-refractivity contribution in [1.82, 2.24) is 9.80 Å². The van der Waals surface area contributed by atoms with Gasteiger partial charge in [-0.3, -0.25) is 4.79 Å². The van der Waals surface area contributed by atoms with E-state index in [0.717, 1.165) is 5.56 Å². The lowest BCUT2D eigenvalue weighted by Crippen LogP contribution is -2.52. The first kappa shape index (κ1) is 17.1. The molecular formula is C18H24N2O3. The summed E-state index contributed by atoms with van der Waals surface area (Å²) in [6, 6.07) is 9.52. The highest BCUT2D eigenvalue weighted by Gasteiger charge is 2.34. The van der Waals surface area contributed by atoms with Gasteiger partial charge in [-0.2, -0.15) is 0 Å². The number of hydrogen-bond acceptors (Lipinski definition) is 3. The minimum atomic E-state index is -0.534. The molecule has 1 aliphatic heterocycles. The van der Waals surface area contributed by atoms with Crippen molar-refractivity contribution < 1.29 is 14.3 Å². The number of piperazine rings is 1. The lowest BCUT2D eigenvalue weighted by Gasteiger charge is -2.41. The lowest BCUT2D eigenvalue weighted by atomic mass is 10.0. The molecule has 1 aromatic rings. The van der Waals surface area contributed by atoms with Crippen molar-refractivity contribution >= 4 is 12.0 Å². The van der Waals surface area contributed by atoms with E-state index in [1.807, 2.05) is 51.1 Å². The fourth-order valence-electron chi connectivity index (χ4n) is 2.62. The maximum atomic E-state index is 12.3. The Morgan fingerprint density at radius 1 is 1.22 bits per heavy atom. The van der Waals surface area contributed by atoms with Gasteiger partial charge in [-0.25, -0.2) is 4.79 Å². The molecule has 0 spiro atoms. The van der Waals surface area contributed by atoms with E-state index >= 15 is 0 Å². The van der Waals surface area contributed by atoms with Crippen molar-refractivity contribution in [2.24, 2.45) is 0 Å². The summed E-state index contributed by atoms with van der Waals surface area (Å²) in [6.45, 7) is 10.4. The SMILES string of the molecule is C=CC(=O)N1CCN(C(=O)OC(C)(C)C)CC1c1ccccc1. The average Bonchev–Trinajstić information content (AvgIpc) is 2.52. The Morgan fingerprint density at radius 2 is 1.87 bits per heavy atom. The third kappa shape index (κ3) is 4.34. The predicted molar refractivity (Wildman–Crippen MR) is 88.9 cm³/mol. The summed E-state index contributed by atoms with van der Waals surface area (Å²) in [5, 5.41) is 0. The van der Waals surface area contributed by atoms with E-state index in [9.17, 15) is 9.59 Å². The Balaban J connectivity index is 2.20. The molecule has 2 rings (SSSR count). The molecule has 1 aromatic carbocycles. The first-order valence-corrected chi connectivity index (χ1v) is 7.78. The summed E-state index contributed by atoms with van der Waals surface area (Å²) >= 11 is 0. The van der Waals surface area contributed by atoms with Crippen LogP contribution < -0.4 is 0 Å². The monoisotopic (exact) mass is 316 g/mol. The molecule has 1 unspecified atom stereocenters. The van der Waals surface area contributed by atoms with Gasteiger partial charge in [-0.1, -0.05) is 36.9 Å². The summed E-state index contributed by atoms with van der Waals surface area (Å²) in [4.78, 5) is 27.9. The van der Waals surface area contributed by atoms with Gasteiger partial charge < -0.3 is 14.5 Å². The zero-order valence-electron chi connectivity index (χ0n) is 14.0. The number of carbonyl (C=O) groups is 2. The number of amides is 2. The zero-order valence-corrected chi connectivity index (χ0v) is 14.0. The molecule has 0 aliphatic carbocycles. The molecule has 23 heavy (non-hydrogen) atoms. The van der Waals surface area contributed by atoms with Gasteiger partial charge in [-0.15, -0.1) is 0 Å². The van der Waals surface area contributed by atoms with E-state index in [1.54, 1.807) is 9.80 Å². The minimum Gasteiger partial charge on any atom is -0.444 e. The van der Waals surface area contributed by atoms with Crippen molar-refractivity contribution in [3.05, 3.63) is 48.6 Å². The second-order valence-electron chi connectivity index (χ2n) is 6.59. The molecule has 5 nitrogen and oxygen atoms in total. The second kappa shape index (κ2) is 6.86. The van der Waals surface area contributed by atoms with Crippen LogP contribution in [0, 0.1) is 0 Å². The van der Waals surface area contributed by atoms with E-state index in [1.165, 1.54) is 6.08 Å². The normalized spacial score (nSPS) is 18.5. The molecule has 1 aliphatic rings. The van der Waals surface area contributed by atoms with Crippen LogP contribution in [-0.2, 0) is 9.53 Å². The second-order valence-corrected chi connectivity index (χ2v) is 6.59. The number of benzene rings is 1. The molecule has 124 valence electrons. The molecular weight excluding hydrogens is 292 g/mol. The van der Waals surface area contributed by atoms with Gasteiger partial charge in [-0.05, 0) is 32.4 Å². The van der Waals surface area contributed by atoms with Gasteiger partial charge in [0.2, 0.25) is 5.91 Å². The fourth-order valence-corrected chi connectivity index (χ4v) is 2.62. The number of nitrogens with zero attached hydrogens (tertiary/aromatic N) is 2. The number of carbonyl (C=O) groups excluding carboxylic acids is 2. The summed E-state index contributed by atoms with van der Waals surface area (Å²) in [5.74, 6) is -0.123. The number of rotatable bonds is 2. The summed E-state index contributed by atoms with van der Waals surface area (Å²) in [6.07, 6.45) is 0.975. The van der Waals surface area contributed by atoms with E-state index < -0.39 is 5.60 Å². The van der Waals surface area contributed by atoms with Crippen molar-refractivity contribution in [2.45, 2.75) is 32.4 Å². The van der Waals surface area contributed by atoms with Crippen LogP contribution >= 0.6 is 0 Å². The molecule has 1 heterocycles. The van der Waals surface area contributed by atoms with Crippen molar-refractivity contribution in [3.8, 4) is 0 Å². The summed E-state index contributed by atoms with van der Waals surface area (Å²) in [5.41, 5.74) is 0.462. The molecule has 2 amide bonds. The molecule has 1 atom stereocenters. The standard InChI is InChI=1S/C18H24N2O3/c1-5-16(21)20-12-11-19(17(22)23-18(2,3)4)13-15(20)14-9-7-6-8-10-14/h5-10,15H,1,11-13H2,2-4H3. The Hall–Kier alpha value is -2.30. The van der Waals surface area contributed by atoms with Gasteiger partial charge in [0.15, 0.2) is 0 Å². The van der Waals surface area contributed by atoms with E-state index in [2.05, 4.69) is 6.58 Å². The van der Waals surface area contributed by atoms with Crippen LogP contribution in [0.25, 0.3) is 0 Å². The van der Waals surface area contributed by atoms with Gasteiger partial charge in [0, 0.05) is 19.6 Å². The molecule has 0 bridgehead atoms. The molecule has 1 fully saturated rings. The Bertz CT molecular complexity index is 578. The molecule has 0 radical (unpaired) electrons. The third-order valence-electron chi connectivity index (χ3n) is 3.67. The summed E-state index contributed by atoms with van der Waals surface area (Å²) < 4.78 is 5.45. The van der Waals surface area contributed by atoms with Crippen molar-refractivity contribution in [1.29, 1.82) is 0 Å². The first-order chi connectivity index (χ1) is 10.8. The molecule has 0 aromatic heterocycles. The largest absolute Gasteiger partial charge is 0.444 e. The van der Waals surface area contributed by atoms with Crippen LogP contribution in [0.1, 0.15) is 32.4 Å². The van der Waals surface area contributed by atoms with Crippen LogP contribution in [0.5, 0.6) is 0 Å². The van der Waals surface area contributed by atoms with E-state index in [4.69, 9.17) is 4.74 Å². The van der Waals surface area contributed by atoms with E-state index in [0.29, 0.717) is 19.6 Å². The summed E-state index contributed by atoms with van der Waals surface area (Å²) in [7, 11) is 0. The Labute approximate surface area is 137 Å². The number of ether oxygens (including phenoxy) is 1. The zero-order chi connectivity index (χ0) is 17.0. The molecule has 0 saturated carbocycles. The van der Waals surface area contributed by atoms with Gasteiger partial charge in [0.25, 0.3) is 0 Å². The van der Waals surface area contributed by atoms with Crippen LogP contribution in [0.4, 0.5) is 4.79 Å². The number of hydrogen-bond donors (Lipinski definition) is 0. The average molecular weight is 316 g/mol. The lowest BCUT2D eigenvalue weighted by molar-refractivity contribution is -0.131. The quantitative estimate of drug-likeness (QED) is 0.788. The topological polar surface area (TPSA) is 49.9 Å². The van der Waals surface area contributed by atoms with E-state index in [-0.39, 0.29) is 18.0 Å². The first-order valence-electron chi connectivity index (χ1n) is 7.78. The molecule has 1 saturated heterocycles. The highest BCUT2D eigenvalue weighted by molar-refractivity contribution is 5.87. The van der Waals surface area contributed by atoms with Crippen LogP contribution in [0.2, 0.25) is 0 Å². The molecule has 0 N–H and O–H groups in total. The fraction of sp³-hybridized carbons (Fsp3) is 0.444. The van der Waals surface area contributed by atoms with Crippen molar-refractivity contribution in [2.75, 3.05) is 19.6 Å². The highest BCUT2D eigenvalue weighted by Crippen LogP contribution is 2.26. The van der Waals surface area contributed by atoms with Crippen LogP contribution in [0.15, 0.2) is 43.0 Å². The van der Waals surface area contributed by atoms with Crippen LogP contribution in [-0.4, -0.2) is 47.0 Å². The Morgan fingerprint density at radius 3 is 2.43 bits per heavy atom. The van der Waals surface area contributed by atoms with Gasteiger partial charge >= 0.3 is 6.09 Å². The smallest absolute Gasteiger partial charge is 0.410 e.